The predicted molar refractivity (Wildman–Crippen MR) is 46.0 cm³/mol. The Bertz CT molecular complexity index is 357. The van der Waals surface area contributed by atoms with Gasteiger partial charge in [0, 0.05) is 12.6 Å². The van der Waals surface area contributed by atoms with Gasteiger partial charge in [0.1, 0.15) is 6.17 Å². The standard InChI is InChI=1S/C8H8F2N2O2/c9-6-3-5(7(10)4-11)1-2-8(6)12(13)14/h1-3,7H,4,11H2. The molecule has 1 rings (SSSR count). The van der Waals surface area contributed by atoms with E-state index in [0.29, 0.717) is 0 Å². The molecule has 1 aromatic carbocycles. The summed E-state index contributed by atoms with van der Waals surface area (Å²) in [6.07, 6.45) is -1.50. The van der Waals surface area contributed by atoms with Gasteiger partial charge in [0.05, 0.1) is 4.92 Å². The minimum atomic E-state index is -1.50. The van der Waals surface area contributed by atoms with E-state index in [2.05, 4.69) is 0 Å². The summed E-state index contributed by atoms with van der Waals surface area (Å²) in [6.45, 7) is -0.281. The van der Waals surface area contributed by atoms with Gasteiger partial charge in [-0.2, -0.15) is 4.39 Å². The quantitative estimate of drug-likeness (QED) is 0.599. The first-order valence-electron chi connectivity index (χ1n) is 3.84. The number of nitro groups is 1. The zero-order chi connectivity index (χ0) is 10.7. The molecule has 0 radical (unpaired) electrons. The first-order chi connectivity index (χ1) is 6.56. The second-order valence-corrected chi connectivity index (χ2v) is 2.67. The van der Waals surface area contributed by atoms with E-state index < -0.39 is 22.6 Å². The molecule has 0 aliphatic carbocycles. The molecule has 0 aromatic heterocycles. The molecule has 0 heterocycles. The van der Waals surface area contributed by atoms with Crippen LogP contribution in [-0.2, 0) is 0 Å². The fourth-order valence-corrected chi connectivity index (χ4v) is 1.00. The molecule has 76 valence electrons. The molecule has 6 heteroatoms. The third kappa shape index (κ3) is 2.02. The number of nitrogens with two attached hydrogens (primary N) is 1. The van der Waals surface area contributed by atoms with Crippen LogP contribution in [0.15, 0.2) is 18.2 Å². The Balaban J connectivity index is 3.06. The van der Waals surface area contributed by atoms with Crippen molar-refractivity contribution in [1.29, 1.82) is 0 Å². The third-order valence-electron chi connectivity index (χ3n) is 1.74. The highest BCUT2D eigenvalue weighted by Crippen LogP contribution is 2.23. The number of nitro benzene ring substituents is 1. The van der Waals surface area contributed by atoms with Crippen molar-refractivity contribution < 1.29 is 13.7 Å². The normalized spacial score (nSPS) is 12.5. The van der Waals surface area contributed by atoms with Crippen molar-refractivity contribution in [2.24, 2.45) is 5.73 Å². The van der Waals surface area contributed by atoms with Gasteiger partial charge in [0.15, 0.2) is 0 Å². The fraction of sp³-hybridized carbons (Fsp3) is 0.250. The topological polar surface area (TPSA) is 69.2 Å². The van der Waals surface area contributed by atoms with Gasteiger partial charge < -0.3 is 5.73 Å². The Morgan fingerprint density at radius 2 is 2.21 bits per heavy atom. The number of halogens is 2. The summed E-state index contributed by atoms with van der Waals surface area (Å²) < 4.78 is 25.9. The Morgan fingerprint density at radius 1 is 1.57 bits per heavy atom. The molecule has 14 heavy (non-hydrogen) atoms. The lowest BCUT2D eigenvalue weighted by atomic mass is 10.1. The van der Waals surface area contributed by atoms with E-state index in [1.807, 2.05) is 0 Å². The maximum absolute atomic E-state index is 12.9. The van der Waals surface area contributed by atoms with Crippen molar-refractivity contribution in [3.05, 3.63) is 39.7 Å². The van der Waals surface area contributed by atoms with E-state index in [0.717, 1.165) is 18.2 Å². The number of benzene rings is 1. The van der Waals surface area contributed by atoms with Crippen LogP contribution in [0.5, 0.6) is 0 Å². The van der Waals surface area contributed by atoms with Crippen LogP contribution >= 0.6 is 0 Å². The number of rotatable bonds is 3. The molecule has 1 atom stereocenters. The second-order valence-electron chi connectivity index (χ2n) is 2.67. The molecule has 0 aliphatic heterocycles. The number of alkyl halides is 1. The van der Waals surface area contributed by atoms with Crippen molar-refractivity contribution in [1.82, 2.24) is 0 Å². The molecule has 4 nitrogen and oxygen atoms in total. The lowest BCUT2D eigenvalue weighted by molar-refractivity contribution is -0.387. The van der Waals surface area contributed by atoms with E-state index in [9.17, 15) is 18.9 Å². The summed E-state index contributed by atoms with van der Waals surface area (Å²) in [7, 11) is 0. The summed E-state index contributed by atoms with van der Waals surface area (Å²) in [4.78, 5) is 9.35. The minimum Gasteiger partial charge on any atom is -0.327 e. The third-order valence-corrected chi connectivity index (χ3v) is 1.74. The monoisotopic (exact) mass is 202 g/mol. The number of hydrogen-bond donors (Lipinski definition) is 1. The van der Waals surface area contributed by atoms with Crippen molar-refractivity contribution in [3.8, 4) is 0 Å². The van der Waals surface area contributed by atoms with Crippen molar-refractivity contribution in [3.63, 3.8) is 0 Å². The molecule has 0 saturated heterocycles. The van der Waals surface area contributed by atoms with Crippen molar-refractivity contribution in [2.45, 2.75) is 6.17 Å². The average molecular weight is 202 g/mol. The largest absolute Gasteiger partial charge is 0.327 e. The summed E-state index contributed by atoms with van der Waals surface area (Å²) in [5, 5.41) is 10.2. The molecular weight excluding hydrogens is 194 g/mol. The first-order valence-corrected chi connectivity index (χ1v) is 3.84. The lowest BCUT2D eigenvalue weighted by Crippen LogP contribution is -2.08. The maximum atomic E-state index is 12.9. The minimum absolute atomic E-state index is 0.00981. The Morgan fingerprint density at radius 3 is 2.64 bits per heavy atom. The van der Waals surface area contributed by atoms with Gasteiger partial charge in [-0.3, -0.25) is 10.1 Å². The molecule has 0 amide bonds. The van der Waals surface area contributed by atoms with Gasteiger partial charge in [-0.1, -0.05) is 0 Å². The fourth-order valence-electron chi connectivity index (χ4n) is 1.00. The highest BCUT2D eigenvalue weighted by Gasteiger charge is 2.16. The summed E-state index contributed by atoms with van der Waals surface area (Å²) in [5.74, 6) is -1.05. The maximum Gasteiger partial charge on any atom is 0.304 e. The molecule has 0 saturated carbocycles. The highest BCUT2D eigenvalue weighted by molar-refractivity contribution is 5.35. The van der Waals surface area contributed by atoms with Crippen LogP contribution in [0.25, 0.3) is 0 Å². The van der Waals surface area contributed by atoms with Crippen LogP contribution in [0.4, 0.5) is 14.5 Å². The van der Waals surface area contributed by atoms with Crippen LogP contribution in [0.2, 0.25) is 0 Å². The van der Waals surface area contributed by atoms with Crippen molar-refractivity contribution in [2.75, 3.05) is 6.54 Å². The van der Waals surface area contributed by atoms with E-state index in [1.54, 1.807) is 0 Å². The van der Waals surface area contributed by atoms with Gasteiger partial charge in [-0.25, -0.2) is 4.39 Å². The van der Waals surface area contributed by atoms with Crippen LogP contribution in [0.3, 0.4) is 0 Å². The lowest BCUT2D eigenvalue weighted by Gasteiger charge is -2.04. The molecule has 0 fully saturated rings. The van der Waals surface area contributed by atoms with Crippen LogP contribution in [0, 0.1) is 15.9 Å². The van der Waals surface area contributed by atoms with Gasteiger partial charge in [0.25, 0.3) is 0 Å². The molecule has 0 aliphatic rings. The van der Waals surface area contributed by atoms with Gasteiger partial charge in [-0.05, 0) is 17.7 Å². The summed E-state index contributed by atoms with van der Waals surface area (Å²) in [6, 6.07) is 2.86. The zero-order valence-corrected chi connectivity index (χ0v) is 7.11. The van der Waals surface area contributed by atoms with Gasteiger partial charge in [0.2, 0.25) is 5.82 Å². The molecule has 0 spiro atoms. The summed E-state index contributed by atoms with van der Waals surface area (Å²) in [5.41, 5.74) is 4.36. The summed E-state index contributed by atoms with van der Waals surface area (Å²) >= 11 is 0. The molecule has 1 aromatic rings. The zero-order valence-electron chi connectivity index (χ0n) is 7.11. The van der Waals surface area contributed by atoms with E-state index in [4.69, 9.17) is 5.73 Å². The van der Waals surface area contributed by atoms with Gasteiger partial charge >= 0.3 is 5.69 Å². The smallest absolute Gasteiger partial charge is 0.304 e. The average Bonchev–Trinajstić information content (AvgIpc) is 2.15. The molecule has 2 N–H and O–H groups in total. The van der Waals surface area contributed by atoms with E-state index in [1.165, 1.54) is 0 Å². The van der Waals surface area contributed by atoms with Gasteiger partial charge in [-0.15, -0.1) is 0 Å². The predicted octanol–water partition coefficient (Wildman–Crippen LogP) is 1.70. The second kappa shape index (κ2) is 4.10. The number of hydrogen-bond acceptors (Lipinski definition) is 3. The van der Waals surface area contributed by atoms with Crippen molar-refractivity contribution >= 4 is 5.69 Å². The van der Waals surface area contributed by atoms with Crippen LogP contribution in [-0.4, -0.2) is 11.5 Å². The Hall–Kier alpha value is -1.56. The molecule has 1 unspecified atom stereocenters. The molecular formula is C8H8F2N2O2. The molecule has 0 bridgehead atoms. The van der Waals surface area contributed by atoms with Crippen LogP contribution in [0.1, 0.15) is 11.7 Å². The SMILES string of the molecule is NCC(F)c1ccc([N+](=O)[O-])c(F)c1. The highest BCUT2D eigenvalue weighted by atomic mass is 19.1. The first kappa shape index (κ1) is 10.5. The van der Waals surface area contributed by atoms with Crippen LogP contribution < -0.4 is 5.73 Å². The number of nitrogens with zero attached hydrogens (tertiary/aromatic N) is 1. The Labute approximate surface area is 78.5 Å². The Kier molecular flexibility index (Phi) is 3.08. The van der Waals surface area contributed by atoms with E-state index in [-0.39, 0.29) is 12.1 Å². The van der Waals surface area contributed by atoms with E-state index >= 15 is 0 Å².